The van der Waals surface area contributed by atoms with E-state index in [2.05, 4.69) is 6.58 Å². The Morgan fingerprint density at radius 2 is 1.69 bits per heavy atom. The Kier molecular flexibility index (Phi) is 5.31. The Morgan fingerprint density at radius 1 is 1.00 bits per heavy atom. The van der Waals surface area contributed by atoms with E-state index in [0.29, 0.717) is 10.6 Å². The first-order valence-electron chi connectivity index (χ1n) is 9.13. The SMILES string of the molecule is C=CC(=O)N1CC(c2ccccc2)(c2cccc(Cl)c2)Sc2ccccc2C1=O. The van der Waals surface area contributed by atoms with Crippen molar-refractivity contribution in [2.24, 2.45) is 0 Å². The zero-order chi connectivity index (χ0) is 20.4. The zero-order valence-electron chi connectivity index (χ0n) is 15.5. The predicted octanol–water partition coefficient (Wildman–Crippen LogP) is 5.54. The first kappa shape index (κ1) is 19.5. The van der Waals surface area contributed by atoms with Gasteiger partial charge in [-0.25, -0.2) is 0 Å². The van der Waals surface area contributed by atoms with Crippen LogP contribution in [0.25, 0.3) is 0 Å². The quantitative estimate of drug-likeness (QED) is 0.523. The second kappa shape index (κ2) is 7.90. The van der Waals surface area contributed by atoms with Crippen LogP contribution in [0.15, 0.2) is 96.4 Å². The highest BCUT2D eigenvalue weighted by atomic mass is 35.5. The maximum atomic E-state index is 13.3. The molecule has 1 atom stereocenters. The third-order valence-corrected chi connectivity index (χ3v) is 6.76. The van der Waals surface area contributed by atoms with E-state index in [9.17, 15) is 9.59 Å². The van der Waals surface area contributed by atoms with Crippen molar-refractivity contribution in [2.45, 2.75) is 9.64 Å². The average molecular weight is 420 g/mol. The molecule has 0 aromatic heterocycles. The van der Waals surface area contributed by atoms with Crippen LogP contribution in [0.5, 0.6) is 0 Å². The fourth-order valence-corrected chi connectivity index (χ4v) is 5.26. The topological polar surface area (TPSA) is 37.4 Å². The molecule has 144 valence electrons. The smallest absolute Gasteiger partial charge is 0.261 e. The molecule has 5 heteroatoms. The van der Waals surface area contributed by atoms with Gasteiger partial charge >= 0.3 is 0 Å². The lowest BCUT2D eigenvalue weighted by Gasteiger charge is -2.36. The molecule has 0 fully saturated rings. The maximum absolute atomic E-state index is 13.3. The Morgan fingerprint density at radius 3 is 2.41 bits per heavy atom. The molecule has 1 unspecified atom stereocenters. The third-order valence-electron chi connectivity index (χ3n) is 5.00. The molecule has 0 saturated heterocycles. The van der Waals surface area contributed by atoms with Crippen LogP contribution in [0, 0.1) is 0 Å². The predicted molar refractivity (Wildman–Crippen MR) is 117 cm³/mol. The lowest BCUT2D eigenvalue weighted by atomic mass is 9.89. The van der Waals surface area contributed by atoms with E-state index in [1.54, 1.807) is 17.8 Å². The van der Waals surface area contributed by atoms with Crippen LogP contribution in [0.3, 0.4) is 0 Å². The first-order chi connectivity index (χ1) is 14.0. The van der Waals surface area contributed by atoms with Crippen molar-refractivity contribution in [2.75, 3.05) is 6.54 Å². The van der Waals surface area contributed by atoms with Crippen molar-refractivity contribution < 1.29 is 9.59 Å². The second-order valence-electron chi connectivity index (χ2n) is 6.74. The number of halogens is 1. The van der Waals surface area contributed by atoms with Crippen LogP contribution in [0.2, 0.25) is 5.02 Å². The summed E-state index contributed by atoms with van der Waals surface area (Å²) in [5, 5.41) is 0.601. The molecule has 0 spiro atoms. The summed E-state index contributed by atoms with van der Waals surface area (Å²) in [6, 6.07) is 24.9. The third kappa shape index (κ3) is 3.50. The van der Waals surface area contributed by atoms with Crippen molar-refractivity contribution >= 4 is 35.2 Å². The molecule has 3 aromatic carbocycles. The summed E-state index contributed by atoms with van der Waals surface area (Å²) in [5.41, 5.74) is 2.42. The van der Waals surface area contributed by atoms with Gasteiger partial charge in [0.25, 0.3) is 11.8 Å². The van der Waals surface area contributed by atoms with Crippen LogP contribution >= 0.6 is 23.4 Å². The minimum Gasteiger partial charge on any atom is -0.273 e. The molecule has 1 aliphatic rings. The van der Waals surface area contributed by atoms with Gasteiger partial charge in [-0.15, -0.1) is 11.8 Å². The van der Waals surface area contributed by atoms with E-state index in [-0.39, 0.29) is 12.5 Å². The van der Waals surface area contributed by atoms with E-state index in [1.807, 2.05) is 72.8 Å². The summed E-state index contributed by atoms with van der Waals surface area (Å²) in [4.78, 5) is 28.1. The highest BCUT2D eigenvalue weighted by Gasteiger charge is 2.44. The van der Waals surface area contributed by atoms with Gasteiger partial charge in [-0.3, -0.25) is 14.5 Å². The number of carbonyl (C=O) groups excluding carboxylic acids is 2. The molecule has 0 radical (unpaired) electrons. The van der Waals surface area contributed by atoms with Crippen molar-refractivity contribution in [3.63, 3.8) is 0 Å². The second-order valence-corrected chi connectivity index (χ2v) is 8.51. The maximum Gasteiger partial charge on any atom is 0.261 e. The van der Waals surface area contributed by atoms with Gasteiger partial charge < -0.3 is 0 Å². The Bertz CT molecular complexity index is 1100. The monoisotopic (exact) mass is 419 g/mol. The van der Waals surface area contributed by atoms with Gasteiger partial charge in [-0.05, 0) is 41.5 Å². The van der Waals surface area contributed by atoms with Gasteiger partial charge in [0.15, 0.2) is 0 Å². The molecular weight excluding hydrogens is 402 g/mol. The first-order valence-corrected chi connectivity index (χ1v) is 10.3. The fraction of sp³-hybridized carbons (Fsp3) is 0.0833. The largest absolute Gasteiger partial charge is 0.273 e. The minimum atomic E-state index is -0.715. The molecule has 29 heavy (non-hydrogen) atoms. The number of amides is 2. The molecule has 2 amide bonds. The van der Waals surface area contributed by atoms with Crippen LogP contribution < -0.4 is 0 Å². The van der Waals surface area contributed by atoms with E-state index < -0.39 is 10.7 Å². The van der Waals surface area contributed by atoms with Crippen LogP contribution in [-0.4, -0.2) is 23.3 Å². The van der Waals surface area contributed by atoms with E-state index >= 15 is 0 Å². The minimum absolute atomic E-state index is 0.167. The fourth-order valence-electron chi connectivity index (χ4n) is 3.59. The van der Waals surface area contributed by atoms with Gasteiger partial charge in [-0.2, -0.15) is 0 Å². The lowest BCUT2D eigenvalue weighted by Crippen LogP contribution is -2.44. The summed E-state index contributed by atoms with van der Waals surface area (Å²) in [5.74, 6) is -0.743. The number of nitrogens with zero attached hydrogens (tertiary/aromatic N) is 1. The van der Waals surface area contributed by atoms with E-state index in [4.69, 9.17) is 11.6 Å². The zero-order valence-corrected chi connectivity index (χ0v) is 17.1. The lowest BCUT2D eigenvalue weighted by molar-refractivity contribution is -0.123. The van der Waals surface area contributed by atoms with Crippen LogP contribution in [0.1, 0.15) is 21.5 Å². The number of carbonyl (C=O) groups is 2. The number of thioether (sulfide) groups is 1. The van der Waals surface area contributed by atoms with Crippen LogP contribution in [0.4, 0.5) is 0 Å². The number of benzene rings is 3. The van der Waals surface area contributed by atoms with Crippen molar-refractivity contribution in [3.8, 4) is 0 Å². The molecule has 1 heterocycles. The van der Waals surface area contributed by atoms with Crippen molar-refractivity contribution in [1.82, 2.24) is 4.90 Å². The van der Waals surface area contributed by atoms with Crippen molar-refractivity contribution in [1.29, 1.82) is 0 Å². The van der Waals surface area contributed by atoms with E-state index in [0.717, 1.165) is 16.0 Å². The standard InChI is InChI=1S/C24H18ClNO2S/c1-2-22(27)26-16-24(17-9-4-3-5-10-17,18-11-8-12-19(25)15-18)29-21-14-7-6-13-20(21)23(26)28/h2-15H,1,16H2. The van der Waals surface area contributed by atoms with Gasteiger partial charge in [-0.1, -0.05) is 72.8 Å². The summed E-state index contributed by atoms with van der Waals surface area (Å²) >= 11 is 7.90. The van der Waals surface area contributed by atoms with Crippen molar-refractivity contribution in [3.05, 3.63) is 113 Å². The molecular formula is C24H18ClNO2S. The highest BCUT2D eigenvalue weighted by molar-refractivity contribution is 8.00. The molecule has 0 saturated carbocycles. The Balaban J connectivity index is 2.03. The molecule has 0 aliphatic carbocycles. The van der Waals surface area contributed by atoms with Gasteiger partial charge in [0, 0.05) is 9.92 Å². The summed E-state index contributed by atoms with van der Waals surface area (Å²) < 4.78 is -0.715. The molecule has 0 bridgehead atoms. The highest BCUT2D eigenvalue weighted by Crippen LogP contribution is 2.50. The van der Waals surface area contributed by atoms with Crippen LogP contribution in [-0.2, 0) is 9.54 Å². The summed E-state index contributed by atoms with van der Waals surface area (Å²) in [6.07, 6.45) is 1.18. The number of fused-ring (bicyclic) bond motifs is 1. The number of hydrogen-bond donors (Lipinski definition) is 0. The van der Waals surface area contributed by atoms with E-state index in [1.165, 1.54) is 11.0 Å². The molecule has 0 N–H and O–H groups in total. The van der Waals surface area contributed by atoms with Gasteiger partial charge in [0.05, 0.1) is 16.9 Å². The Hall–Kier alpha value is -2.82. The molecule has 3 aromatic rings. The normalized spacial score (nSPS) is 18.7. The summed E-state index contributed by atoms with van der Waals surface area (Å²) in [7, 11) is 0. The number of hydrogen-bond acceptors (Lipinski definition) is 3. The Labute approximate surface area is 179 Å². The molecule has 3 nitrogen and oxygen atoms in total. The average Bonchev–Trinajstić information content (AvgIpc) is 2.89. The number of imide groups is 1. The summed E-state index contributed by atoms with van der Waals surface area (Å²) in [6.45, 7) is 3.76. The number of rotatable bonds is 3. The molecule has 1 aliphatic heterocycles. The van der Waals surface area contributed by atoms with Gasteiger partial charge in [0.2, 0.25) is 0 Å². The molecule has 4 rings (SSSR count). The van der Waals surface area contributed by atoms with Gasteiger partial charge in [0.1, 0.15) is 0 Å².